The molecule has 4 fully saturated rings. The van der Waals surface area contributed by atoms with Gasteiger partial charge in [0.25, 0.3) is 0 Å². The Bertz CT molecular complexity index is 802. The number of carbonyl (C=O) groups excluding carboxylic acids is 2. The van der Waals surface area contributed by atoms with Crippen LogP contribution in [0.3, 0.4) is 0 Å². The third-order valence-electron chi connectivity index (χ3n) is 7.71. The van der Waals surface area contributed by atoms with Crippen LogP contribution < -0.4 is 0 Å². The minimum Gasteiger partial charge on any atom is -0.458 e. The number of hydrogen-bond acceptors (Lipinski definition) is 3. The van der Waals surface area contributed by atoms with Crippen LogP contribution in [0.2, 0.25) is 0 Å². The van der Waals surface area contributed by atoms with E-state index in [-0.39, 0.29) is 42.1 Å². The van der Waals surface area contributed by atoms with E-state index in [1.807, 2.05) is 19.1 Å². The van der Waals surface area contributed by atoms with Gasteiger partial charge in [-0.25, -0.2) is 4.39 Å². The van der Waals surface area contributed by atoms with E-state index in [9.17, 15) is 14.0 Å². The fourth-order valence-electron chi connectivity index (χ4n) is 6.34. The van der Waals surface area contributed by atoms with E-state index < -0.39 is 5.60 Å². The molecule has 1 aliphatic carbocycles. The van der Waals surface area contributed by atoms with Gasteiger partial charge in [0, 0.05) is 12.1 Å². The van der Waals surface area contributed by atoms with Crippen molar-refractivity contribution in [2.24, 2.45) is 5.92 Å². The van der Waals surface area contributed by atoms with Gasteiger partial charge in [0.05, 0.1) is 12.3 Å². The number of fused-ring (bicyclic) bond motifs is 2. The maximum absolute atomic E-state index is 13.7. The Labute approximate surface area is 165 Å². The van der Waals surface area contributed by atoms with Crippen molar-refractivity contribution >= 4 is 11.9 Å². The molecule has 150 valence electrons. The molecular weight excluding hydrogens is 357 g/mol. The number of rotatable bonds is 2. The van der Waals surface area contributed by atoms with Crippen LogP contribution in [0.1, 0.15) is 74.8 Å². The first-order valence-corrected chi connectivity index (χ1v) is 10.8. The fraction of sp³-hybridized carbons (Fsp3) is 0.652. The summed E-state index contributed by atoms with van der Waals surface area (Å²) >= 11 is 0. The topological polar surface area (TPSA) is 46.6 Å². The van der Waals surface area contributed by atoms with Crippen LogP contribution in [0.4, 0.5) is 4.39 Å². The van der Waals surface area contributed by atoms with Crippen molar-refractivity contribution in [3.8, 4) is 0 Å². The molecule has 4 atom stereocenters. The number of hydrogen-bond donors (Lipinski definition) is 0. The molecule has 1 aromatic rings. The lowest BCUT2D eigenvalue weighted by molar-refractivity contribution is -0.153. The number of halogens is 1. The first kappa shape index (κ1) is 18.1. The van der Waals surface area contributed by atoms with E-state index in [0.717, 1.165) is 51.4 Å². The third kappa shape index (κ3) is 2.77. The average molecular weight is 385 g/mol. The summed E-state index contributed by atoms with van der Waals surface area (Å²) in [6, 6.07) is 5.90. The normalized spacial score (nSPS) is 33.5. The molecule has 1 amide bonds. The Morgan fingerprint density at radius 2 is 1.86 bits per heavy atom. The van der Waals surface area contributed by atoms with Gasteiger partial charge in [0.2, 0.25) is 5.91 Å². The molecule has 3 saturated heterocycles. The van der Waals surface area contributed by atoms with Gasteiger partial charge in [0.15, 0.2) is 0 Å². The van der Waals surface area contributed by atoms with Crippen molar-refractivity contribution in [3.63, 3.8) is 0 Å². The third-order valence-corrected chi connectivity index (χ3v) is 7.71. The highest BCUT2D eigenvalue weighted by atomic mass is 19.1. The molecule has 4 aliphatic rings. The molecule has 5 rings (SSSR count). The predicted molar refractivity (Wildman–Crippen MR) is 102 cm³/mol. The smallest absolute Gasteiger partial charge is 0.307 e. The molecule has 1 aromatic carbocycles. The van der Waals surface area contributed by atoms with Crippen molar-refractivity contribution in [2.75, 3.05) is 0 Å². The zero-order chi connectivity index (χ0) is 19.5. The minimum absolute atomic E-state index is 0.147. The van der Waals surface area contributed by atoms with Gasteiger partial charge in [-0.1, -0.05) is 12.1 Å². The lowest BCUT2D eigenvalue weighted by atomic mass is 9.81. The summed E-state index contributed by atoms with van der Waals surface area (Å²) in [6.07, 6.45) is 7.90. The standard InChI is InChI=1S/C23H28FNO3/c1-14-10-15(4-7-20(14)24)16-11-17-5-6-18(12-16)25(17)22(27)19-13-21(26)28-23(19)8-2-3-9-23/h4,7,10,16-19H,2-3,5-6,8-9,11-13H2,1H3/t16?,17-,18+,19?. The minimum atomic E-state index is -0.529. The summed E-state index contributed by atoms with van der Waals surface area (Å²) in [4.78, 5) is 27.7. The Kier molecular flexibility index (Phi) is 4.25. The van der Waals surface area contributed by atoms with Crippen molar-refractivity contribution in [3.05, 3.63) is 35.1 Å². The van der Waals surface area contributed by atoms with Crippen LogP contribution in [0.15, 0.2) is 18.2 Å². The maximum atomic E-state index is 13.7. The van der Waals surface area contributed by atoms with Gasteiger partial charge in [-0.2, -0.15) is 0 Å². The molecule has 28 heavy (non-hydrogen) atoms. The molecule has 2 bridgehead atoms. The average Bonchev–Trinajstić information content (AvgIpc) is 3.34. The number of nitrogens with zero attached hydrogens (tertiary/aromatic N) is 1. The molecule has 2 unspecified atom stereocenters. The molecule has 3 heterocycles. The molecule has 0 N–H and O–H groups in total. The molecule has 5 heteroatoms. The molecule has 0 radical (unpaired) electrons. The van der Waals surface area contributed by atoms with Gasteiger partial charge in [-0.15, -0.1) is 0 Å². The van der Waals surface area contributed by atoms with Crippen LogP contribution in [0.5, 0.6) is 0 Å². The lowest BCUT2D eigenvalue weighted by Gasteiger charge is -2.42. The Balaban J connectivity index is 1.36. The number of piperidine rings is 1. The highest BCUT2D eigenvalue weighted by Gasteiger charge is 2.57. The fourth-order valence-corrected chi connectivity index (χ4v) is 6.34. The quantitative estimate of drug-likeness (QED) is 0.715. The molecule has 4 nitrogen and oxygen atoms in total. The van der Waals surface area contributed by atoms with Crippen LogP contribution in [-0.2, 0) is 14.3 Å². The van der Waals surface area contributed by atoms with E-state index in [4.69, 9.17) is 4.74 Å². The second-order valence-electron chi connectivity index (χ2n) is 9.31. The highest BCUT2D eigenvalue weighted by Crippen LogP contribution is 2.49. The number of benzene rings is 1. The number of amides is 1. The Morgan fingerprint density at radius 3 is 2.50 bits per heavy atom. The Morgan fingerprint density at radius 1 is 1.18 bits per heavy atom. The van der Waals surface area contributed by atoms with Crippen molar-refractivity contribution < 1.29 is 18.7 Å². The number of esters is 1. The zero-order valence-corrected chi connectivity index (χ0v) is 16.5. The van der Waals surface area contributed by atoms with E-state index in [2.05, 4.69) is 4.90 Å². The lowest BCUT2D eigenvalue weighted by Crippen LogP contribution is -2.52. The van der Waals surface area contributed by atoms with E-state index in [0.29, 0.717) is 11.5 Å². The van der Waals surface area contributed by atoms with Gasteiger partial charge >= 0.3 is 5.97 Å². The van der Waals surface area contributed by atoms with Crippen LogP contribution in [-0.4, -0.2) is 34.5 Å². The first-order chi connectivity index (χ1) is 13.5. The summed E-state index contributed by atoms with van der Waals surface area (Å²) in [5, 5.41) is 0. The van der Waals surface area contributed by atoms with Crippen LogP contribution >= 0.6 is 0 Å². The second kappa shape index (κ2) is 6.57. The van der Waals surface area contributed by atoms with Gasteiger partial charge in [-0.3, -0.25) is 9.59 Å². The molecular formula is C23H28FNO3. The summed E-state index contributed by atoms with van der Waals surface area (Å²) < 4.78 is 19.4. The molecule has 1 spiro atoms. The highest BCUT2D eigenvalue weighted by molar-refractivity contribution is 5.88. The van der Waals surface area contributed by atoms with E-state index >= 15 is 0 Å². The molecule has 0 aromatic heterocycles. The summed E-state index contributed by atoms with van der Waals surface area (Å²) in [6.45, 7) is 1.81. The van der Waals surface area contributed by atoms with Crippen molar-refractivity contribution in [1.29, 1.82) is 0 Å². The van der Waals surface area contributed by atoms with Crippen molar-refractivity contribution in [2.45, 2.75) is 88.3 Å². The zero-order valence-electron chi connectivity index (χ0n) is 16.5. The predicted octanol–water partition coefficient (Wildman–Crippen LogP) is 4.25. The monoisotopic (exact) mass is 385 g/mol. The molecule has 1 saturated carbocycles. The largest absolute Gasteiger partial charge is 0.458 e. The van der Waals surface area contributed by atoms with E-state index in [1.54, 1.807) is 6.07 Å². The summed E-state index contributed by atoms with van der Waals surface area (Å²) in [7, 11) is 0. The van der Waals surface area contributed by atoms with E-state index in [1.165, 1.54) is 5.56 Å². The van der Waals surface area contributed by atoms with Gasteiger partial charge in [0.1, 0.15) is 11.4 Å². The van der Waals surface area contributed by atoms with Crippen LogP contribution in [0.25, 0.3) is 0 Å². The number of carbonyl (C=O) groups is 2. The first-order valence-electron chi connectivity index (χ1n) is 10.8. The second-order valence-corrected chi connectivity index (χ2v) is 9.31. The number of aryl methyl sites for hydroxylation is 1. The SMILES string of the molecule is Cc1cc(C2C[C@H]3CC[C@@H](C2)N3C(=O)C2CC(=O)OC23CCCC3)ccc1F. The summed E-state index contributed by atoms with van der Waals surface area (Å²) in [5.41, 5.74) is 1.35. The summed E-state index contributed by atoms with van der Waals surface area (Å²) in [5.74, 6) is -0.136. The van der Waals surface area contributed by atoms with Gasteiger partial charge < -0.3 is 9.64 Å². The van der Waals surface area contributed by atoms with Crippen molar-refractivity contribution in [1.82, 2.24) is 4.90 Å². The van der Waals surface area contributed by atoms with Crippen LogP contribution in [0, 0.1) is 18.7 Å². The maximum Gasteiger partial charge on any atom is 0.307 e. The van der Waals surface area contributed by atoms with Gasteiger partial charge in [-0.05, 0) is 81.4 Å². The number of ether oxygens (including phenoxy) is 1. The molecule has 3 aliphatic heterocycles. The Hall–Kier alpha value is -1.91.